The molecule has 0 bridgehead atoms. The van der Waals surface area contributed by atoms with E-state index in [0.717, 1.165) is 19.3 Å². The molecule has 2 heteroatoms. The molecule has 0 saturated carbocycles. The molecule has 20 heavy (non-hydrogen) atoms. The summed E-state index contributed by atoms with van der Waals surface area (Å²) in [7, 11) is 0. The van der Waals surface area contributed by atoms with Crippen molar-refractivity contribution in [2.75, 3.05) is 6.54 Å². The SMILES string of the molecule is CCCC[NH-].C[CH-]c1ccccc1C1=C(C)C=CC1.[Ti+2]. The maximum absolute atomic E-state index is 6.60. The average Bonchev–Trinajstić information content (AvgIpc) is 2.86. The third kappa shape index (κ3) is 5.70. The first-order chi connectivity index (χ1) is 9.24. The van der Waals surface area contributed by atoms with E-state index in [2.05, 4.69) is 63.6 Å². The van der Waals surface area contributed by atoms with Gasteiger partial charge in [-0.2, -0.15) is 24.6 Å². The molecule has 0 saturated heterocycles. The molecule has 1 aromatic carbocycles. The quantitative estimate of drug-likeness (QED) is 0.494. The van der Waals surface area contributed by atoms with Gasteiger partial charge in [0.05, 0.1) is 0 Å². The monoisotopic (exact) mass is 303 g/mol. The van der Waals surface area contributed by atoms with E-state index >= 15 is 0 Å². The minimum absolute atomic E-state index is 0. The molecular formula is C18H25NTi. The van der Waals surface area contributed by atoms with Crippen LogP contribution in [0.15, 0.2) is 42.0 Å². The smallest absolute Gasteiger partial charge is 0.677 e. The van der Waals surface area contributed by atoms with Gasteiger partial charge >= 0.3 is 21.7 Å². The van der Waals surface area contributed by atoms with Crippen molar-refractivity contribution in [3.05, 3.63) is 65.3 Å². The van der Waals surface area contributed by atoms with Gasteiger partial charge in [-0.3, -0.25) is 0 Å². The minimum atomic E-state index is 0. The Morgan fingerprint density at radius 1 is 1.25 bits per heavy atom. The van der Waals surface area contributed by atoms with E-state index < -0.39 is 0 Å². The number of rotatable bonds is 4. The van der Waals surface area contributed by atoms with Crippen LogP contribution in [0.4, 0.5) is 0 Å². The number of allylic oxidation sites excluding steroid dienone is 4. The fraction of sp³-hybridized carbons (Fsp3) is 0.389. The average molecular weight is 303 g/mol. The van der Waals surface area contributed by atoms with Gasteiger partial charge < -0.3 is 5.73 Å². The van der Waals surface area contributed by atoms with Crippen molar-refractivity contribution in [1.29, 1.82) is 0 Å². The summed E-state index contributed by atoms with van der Waals surface area (Å²) in [5.41, 5.74) is 12.2. The fourth-order valence-corrected chi connectivity index (χ4v) is 2.14. The fourth-order valence-electron chi connectivity index (χ4n) is 2.14. The van der Waals surface area contributed by atoms with Crippen LogP contribution in [0, 0.1) is 6.42 Å². The van der Waals surface area contributed by atoms with Crippen LogP contribution in [0.3, 0.4) is 0 Å². The van der Waals surface area contributed by atoms with Crippen molar-refractivity contribution in [3.63, 3.8) is 0 Å². The van der Waals surface area contributed by atoms with Crippen molar-refractivity contribution >= 4 is 5.57 Å². The molecule has 0 spiro atoms. The van der Waals surface area contributed by atoms with E-state index in [1.807, 2.05) is 0 Å². The maximum atomic E-state index is 6.60. The number of hydrogen-bond donors (Lipinski definition) is 0. The third-order valence-electron chi connectivity index (χ3n) is 3.29. The second-order valence-corrected chi connectivity index (χ2v) is 4.75. The zero-order valence-electron chi connectivity index (χ0n) is 12.9. The summed E-state index contributed by atoms with van der Waals surface area (Å²) in [5, 5.41) is 0. The normalized spacial score (nSPS) is 12.6. The summed E-state index contributed by atoms with van der Waals surface area (Å²) in [6.07, 6.45) is 9.91. The molecule has 2 rings (SSSR count). The van der Waals surface area contributed by atoms with Gasteiger partial charge in [0.15, 0.2) is 0 Å². The van der Waals surface area contributed by atoms with E-state index in [0.29, 0.717) is 6.54 Å². The molecule has 0 fully saturated rings. The zero-order valence-corrected chi connectivity index (χ0v) is 14.4. The van der Waals surface area contributed by atoms with Crippen LogP contribution < -0.4 is 0 Å². The van der Waals surface area contributed by atoms with E-state index in [1.54, 1.807) is 0 Å². The Hall–Kier alpha value is -0.756. The van der Waals surface area contributed by atoms with Gasteiger partial charge in [-0.25, -0.2) is 0 Å². The molecule has 1 N–H and O–H groups in total. The van der Waals surface area contributed by atoms with Crippen LogP contribution in [-0.2, 0) is 21.7 Å². The van der Waals surface area contributed by atoms with Gasteiger partial charge in [0.1, 0.15) is 0 Å². The van der Waals surface area contributed by atoms with Crippen LogP contribution >= 0.6 is 0 Å². The molecule has 0 atom stereocenters. The van der Waals surface area contributed by atoms with E-state index in [-0.39, 0.29) is 21.7 Å². The van der Waals surface area contributed by atoms with Crippen molar-refractivity contribution in [3.8, 4) is 0 Å². The molecule has 0 heterocycles. The Bertz CT molecular complexity index is 444. The Kier molecular flexibility index (Phi) is 10.5. The van der Waals surface area contributed by atoms with Gasteiger partial charge in [-0.05, 0) is 13.3 Å². The summed E-state index contributed by atoms with van der Waals surface area (Å²) in [6.45, 7) is 6.97. The van der Waals surface area contributed by atoms with E-state index in [1.165, 1.54) is 22.3 Å². The topological polar surface area (TPSA) is 23.8 Å². The van der Waals surface area contributed by atoms with Crippen molar-refractivity contribution < 1.29 is 21.7 Å². The van der Waals surface area contributed by atoms with Crippen molar-refractivity contribution in [2.45, 2.75) is 40.0 Å². The Labute approximate surface area is 139 Å². The number of hydrogen-bond acceptors (Lipinski definition) is 0. The van der Waals surface area contributed by atoms with Gasteiger partial charge in [0, 0.05) is 0 Å². The zero-order chi connectivity index (χ0) is 14.1. The molecule has 0 amide bonds. The molecule has 106 valence electrons. The minimum Gasteiger partial charge on any atom is -0.677 e. The summed E-state index contributed by atoms with van der Waals surface area (Å²) < 4.78 is 0. The largest absolute Gasteiger partial charge is 2.00 e. The van der Waals surface area contributed by atoms with E-state index in [9.17, 15) is 0 Å². The van der Waals surface area contributed by atoms with Gasteiger partial charge in [0.25, 0.3) is 0 Å². The first-order valence-corrected chi connectivity index (χ1v) is 7.14. The number of benzene rings is 1. The Balaban J connectivity index is 0.000000526. The number of unbranched alkanes of at least 4 members (excludes halogenated alkanes) is 1. The first kappa shape index (κ1) is 19.2. The second kappa shape index (κ2) is 11.0. The molecule has 1 nitrogen and oxygen atoms in total. The standard InChI is InChI=1S/C14H15.C4H10N.Ti/c1-3-12-8-4-5-9-14(12)13-10-6-7-11(13)2;1-2-3-4-5;/h3-9H,10H2,1-2H3;5H,2-4H2,1H3;/q2*-1;+2. The molecule has 0 aliphatic heterocycles. The third-order valence-corrected chi connectivity index (χ3v) is 3.29. The van der Waals surface area contributed by atoms with Crippen LogP contribution in [-0.4, -0.2) is 6.54 Å². The van der Waals surface area contributed by atoms with Crippen LogP contribution in [0.2, 0.25) is 0 Å². The van der Waals surface area contributed by atoms with Crippen LogP contribution in [0.5, 0.6) is 0 Å². The second-order valence-electron chi connectivity index (χ2n) is 4.75. The summed E-state index contributed by atoms with van der Waals surface area (Å²) in [6, 6.07) is 8.59. The number of nitrogens with one attached hydrogen (secondary N) is 1. The molecule has 0 unspecified atom stereocenters. The first-order valence-electron chi connectivity index (χ1n) is 7.14. The maximum Gasteiger partial charge on any atom is 2.00 e. The van der Waals surface area contributed by atoms with Gasteiger partial charge in [-0.1, -0.05) is 56.1 Å². The molecule has 1 aromatic rings. The van der Waals surface area contributed by atoms with Crippen LogP contribution in [0.1, 0.15) is 51.2 Å². The molecule has 1 aliphatic carbocycles. The molecule has 1 aliphatic rings. The summed E-state index contributed by atoms with van der Waals surface area (Å²) in [4.78, 5) is 0. The van der Waals surface area contributed by atoms with Crippen molar-refractivity contribution in [1.82, 2.24) is 0 Å². The Morgan fingerprint density at radius 2 is 1.95 bits per heavy atom. The van der Waals surface area contributed by atoms with Crippen molar-refractivity contribution in [2.24, 2.45) is 0 Å². The van der Waals surface area contributed by atoms with Gasteiger partial charge in [-0.15, -0.1) is 17.7 Å². The Morgan fingerprint density at radius 3 is 2.40 bits per heavy atom. The molecular weight excluding hydrogens is 278 g/mol. The summed E-state index contributed by atoms with van der Waals surface area (Å²) in [5.74, 6) is 0. The van der Waals surface area contributed by atoms with Crippen LogP contribution in [0.25, 0.3) is 11.3 Å². The predicted octanol–water partition coefficient (Wildman–Crippen LogP) is 5.83. The molecule has 0 aromatic heterocycles. The predicted molar refractivity (Wildman–Crippen MR) is 86.0 cm³/mol. The van der Waals surface area contributed by atoms with E-state index in [4.69, 9.17) is 5.73 Å². The van der Waals surface area contributed by atoms with Gasteiger partial charge in [0.2, 0.25) is 0 Å². The summed E-state index contributed by atoms with van der Waals surface area (Å²) >= 11 is 0. The molecule has 0 radical (unpaired) electrons.